The molecule has 0 aromatic carbocycles. The maximum Gasteiger partial charge on any atom is 0.257 e. The van der Waals surface area contributed by atoms with Crippen LogP contribution in [0.5, 0.6) is 0 Å². The van der Waals surface area contributed by atoms with Crippen LogP contribution in [0.3, 0.4) is 0 Å². The molecule has 17 heavy (non-hydrogen) atoms. The Morgan fingerprint density at radius 3 is 2.71 bits per heavy atom. The zero-order valence-electron chi connectivity index (χ0n) is 9.24. The zero-order chi connectivity index (χ0) is 11.4. The average molecular weight is 257 g/mol. The summed E-state index contributed by atoms with van der Waals surface area (Å²) in [6.07, 6.45) is 2.98. The van der Waals surface area contributed by atoms with Gasteiger partial charge in [-0.1, -0.05) is 5.16 Å². The summed E-state index contributed by atoms with van der Waals surface area (Å²) in [5.41, 5.74) is 6.34. The number of nitrogens with zero attached hydrogens (tertiary/aromatic N) is 3. The molecule has 0 fully saturated rings. The number of methoxy groups -OCH3 is 1. The summed E-state index contributed by atoms with van der Waals surface area (Å²) < 4.78 is 10.2. The average Bonchev–Trinajstić information content (AvgIpc) is 2.81. The first kappa shape index (κ1) is 13.6. The second kappa shape index (κ2) is 6.29. The highest BCUT2D eigenvalue weighted by molar-refractivity contribution is 5.85. The summed E-state index contributed by atoms with van der Waals surface area (Å²) >= 11 is 0. The minimum atomic E-state index is -0.358. The van der Waals surface area contributed by atoms with E-state index in [9.17, 15) is 0 Å². The van der Waals surface area contributed by atoms with Gasteiger partial charge in [-0.2, -0.15) is 4.98 Å². The van der Waals surface area contributed by atoms with Crippen molar-refractivity contribution in [2.24, 2.45) is 5.73 Å². The Morgan fingerprint density at radius 2 is 2.12 bits per heavy atom. The Kier molecular flexibility index (Phi) is 5.02. The van der Waals surface area contributed by atoms with E-state index in [0.717, 1.165) is 5.56 Å². The predicted octanol–water partition coefficient (Wildman–Crippen LogP) is 1.20. The summed E-state index contributed by atoms with van der Waals surface area (Å²) in [4.78, 5) is 8.13. The lowest BCUT2D eigenvalue weighted by Gasteiger charge is -2.05. The summed E-state index contributed by atoms with van der Waals surface area (Å²) in [6, 6.07) is 3.61. The number of hydrogen-bond acceptors (Lipinski definition) is 6. The maximum atomic E-state index is 5.50. The molecule has 0 bridgehead atoms. The molecule has 92 valence electrons. The number of nitrogens with two attached hydrogens (primary N) is 1. The first-order chi connectivity index (χ1) is 7.85. The van der Waals surface area contributed by atoms with Crippen molar-refractivity contribution >= 4 is 12.4 Å². The van der Waals surface area contributed by atoms with Crippen LogP contribution in [0.1, 0.15) is 12.0 Å². The van der Waals surface area contributed by atoms with Gasteiger partial charge in [-0.05, 0) is 12.1 Å². The van der Waals surface area contributed by atoms with Gasteiger partial charge < -0.3 is 15.0 Å². The fraction of sp³-hybridized carbons (Fsp3) is 0.300. The highest BCUT2D eigenvalue weighted by atomic mass is 35.5. The van der Waals surface area contributed by atoms with Gasteiger partial charge in [0.15, 0.2) is 0 Å². The van der Waals surface area contributed by atoms with Crippen molar-refractivity contribution in [3.63, 3.8) is 0 Å². The van der Waals surface area contributed by atoms with Gasteiger partial charge in [-0.15, -0.1) is 12.4 Å². The first-order valence-corrected chi connectivity index (χ1v) is 4.82. The number of ether oxygens (including phenoxy) is 1. The van der Waals surface area contributed by atoms with E-state index in [1.165, 1.54) is 0 Å². The second-order valence-electron chi connectivity index (χ2n) is 3.15. The Balaban J connectivity index is 0.00000144. The molecule has 1 atom stereocenters. The number of rotatable bonds is 4. The monoisotopic (exact) mass is 256 g/mol. The van der Waals surface area contributed by atoms with E-state index >= 15 is 0 Å². The molecule has 2 rings (SSSR count). The standard InChI is InChI=1S/C10H12N4O2.ClH/c1-15-8(6-11)10-13-9(14-16-10)7-2-4-12-5-3-7;/h2-5,8H,6,11H2,1H3;1H. The summed E-state index contributed by atoms with van der Waals surface area (Å²) in [7, 11) is 1.55. The molecule has 2 heterocycles. The zero-order valence-corrected chi connectivity index (χ0v) is 10.1. The third-order valence-electron chi connectivity index (χ3n) is 2.15. The Labute approximate surface area is 105 Å². The summed E-state index contributed by atoms with van der Waals surface area (Å²) in [5.74, 6) is 0.893. The van der Waals surface area contributed by atoms with Crippen molar-refractivity contribution in [2.45, 2.75) is 6.10 Å². The highest BCUT2D eigenvalue weighted by Crippen LogP contribution is 2.18. The van der Waals surface area contributed by atoms with Crippen LogP contribution in [0, 0.1) is 0 Å². The minimum absolute atomic E-state index is 0. The quantitative estimate of drug-likeness (QED) is 0.884. The van der Waals surface area contributed by atoms with E-state index in [0.29, 0.717) is 18.3 Å². The molecule has 0 aliphatic heterocycles. The molecule has 0 saturated heterocycles. The number of hydrogen-bond donors (Lipinski definition) is 1. The number of pyridine rings is 1. The van der Waals surface area contributed by atoms with E-state index in [-0.39, 0.29) is 18.5 Å². The van der Waals surface area contributed by atoms with Crippen LogP contribution < -0.4 is 5.73 Å². The van der Waals surface area contributed by atoms with Crippen molar-refractivity contribution in [1.82, 2.24) is 15.1 Å². The van der Waals surface area contributed by atoms with Crippen LogP contribution in [-0.2, 0) is 4.74 Å². The smallest absolute Gasteiger partial charge is 0.257 e. The first-order valence-electron chi connectivity index (χ1n) is 4.82. The highest BCUT2D eigenvalue weighted by Gasteiger charge is 2.17. The van der Waals surface area contributed by atoms with Gasteiger partial charge in [0.2, 0.25) is 5.82 Å². The third-order valence-corrected chi connectivity index (χ3v) is 2.15. The van der Waals surface area contributed by atoms with Crippen molar-refractivity contribution in [3.8, 4) is 11.4 Å². The molecule has 2 N–H and O–H groups in total. The second-order valence-corrected chi connectivity index (χ2v) is 3.15. The number of halogens is 1. The minimum Gasteiger partial charge on any atom is -0.370 e. The van der Waals surface area contributed by atoms with Crippen LogP contribution in [-0.4, -0.2) is 28.8 Å². The van der Waals surface area contributed by atoms with E-state index in [1.807, 2.05) is 0 Å². The lowest BCUT2D eigenvalue weighted by Crippen LogP contribution is -2.14. The van der Waals surface area contributed by atoms with Crippen molar-refractivity contribution in [1.29, 1.82) is 0 Å². The van der Waals surface area contributed by atoms with E-state index in [2.05, 4.69) is 15.1 Å². The molecular formula is C10H13ClN4O2. The maximum absolute atomic E-state index is 5.50. The summed E-state index contributed by atoms with van der Waals surface area (Å²) in [5, 5.41) is 3.85. The SMILES string of the molecule is COC(CN)c1nc(-c2ccncc2)no1.Cl. The van der Waals surface area contributed by atoms with Crippen molar-refractivity contribution in [2.75, 3.05) is 13.7 Å². The van der Waals surface area contributed by atoms with Gasteiger partial charge >= 0.3 is 0 Å². The van der Waals surface area contributed by atoms with Crippen molar-refractivity contribution in [3.05, 3.63) is 30.4 Å². The largest absolute Gasteiger partial charge is 0.370 e. The van der Waals surface area contributed by atoms with Gasteiger partial charge in [0.05, 0.1) is 0 Å². The Hall–Kier alpha value is -1.50. The molecule has 6 nitrogen and oxygen atoms in total. The molecule has 0 saturated carbocycles. The van der Waals surface area contributed by atoms with Gasteiger partial charge in [-0.25, -0.2) is 0 Å². The topological polar surface area (TPSA) is 87.1 Å². The third kappa shape index (κ3) is 3.00. The van der Waals surface area contributed by atoms with E-state index in [1.54, 1.807) is 31.6 Å². The van der Waals surface area contributed by atoms with E-state index in [4.69, 9.17) is 15.0 Å². The fourth-order valence-corrected chi connectivity index (χ4v) is 1.28. The molecule has 0 spiro atoms. The Bertz CT molecular complexity index is 445. The molecule has 2 aromatic rings. The molecule has 0 aliphatic rings. The molecule has 0 aliphatic carbocycles. The van der Waals surface area contributed by atoms with Crippen LogP contribution >= 0.6 is 12.4 Å². The fourth-order valence-electron chi connectivity index (χ4n) is 1.28. The van der Waals surface area contributed by atoms with Crippen LogP contribution in [0.2, 0.25) is 0 Å². The van der Waals surface area contributed by atoms with E-state index < -0.39 is 0 Å². The number of aromatic nitrogens is 3. The molecular weight excluding hydrogens is 244 g/mol. The molecule has 7 heteroatoms. The normalized spacial score (nSPS) is 11.9. The lowest BCUT2D eigenvalue weighted by atomic mass is 10.2. The van der Waals surface area contributed by atoms with Gasteiger partial charge in [0.1, 0.15) is 6.10 Å². The van der Waals surface area contributed by atoms with Crippen LogP contribution in [0.4, 0.5) is 0 Å². The van der Waals surface area contributed by atoms with Crippen LogP contribution in [0.25, 0.3) is 11.4 Å². The molecule has 0 amide bonds. The van der Waals surface area contributed by atoms with Crippen LogP contribution in [0.15, 0.2) is 29.0 Å². The predicted molar refractivity (Wildman–Crippen MR) is 63.6 cm³/mol. The van der Waals surface area contributed by atoms with Gasteiger partial charge in [0.25, 0.3) is 5.89 Å². The Morgan fingerprint density at radius 1 is 1.41 bits per heavy atom. The lowest BCUT2D eigenvalue weighted by molar-refractivity contribution is 0.0804. The van der Waals surface area contributed by atoms with Crippen molar-refractivity contribution < 1.29 is 9.26 Å². The molecule has 0 radical (unpaired) electrons. The summed E-state index contributed by atoms with van der Waals surface area (Å²) in [6.45, 7) is 0.300. The molecule has 2 aromatic heterocycles. The molecule has 1 unspecified atom stereocenters. The van der Waals surface area contributed by atoms with Gasteiger partial charge in [0, 0.05) is 31.6 Å². The van der Waals surface area contributed by atoms with Gasteiger partial charge in [-0.3, -0.25) is 4.98 Å².